The topological polar surface area (TPSA) is 61.2 Å². The van der Waals surface area contributed by atoms with Crippen molar-refractivity contribution in [2.24, 2.45) is 4.40 Å². The molecule has 0 N–H and O–H groups in total. The van der Waals surface area contributed by atoms with E-state index in [1.807, 2.05) is 0 Å². The van der Waals surface area contributed by atoms with Gasteiger partial charge in [-0.1, -0.05) is 16.5 Å². The second kappa shape index (κ2) is 7.76. The van der Waals surface area contributed by atoms with Crippen LogP contribution in [0.25, 0.3) is 22.2 Å². The maximum absolute atomic E-state index is 13.5. The Balaban J connectivity index is 2.28. The van der Waals surface area contributed by atoms with Crippen LogP contribution in [-0.2, 0) is 17.5 Å². The van der Waals surface area contributed by atoms with Gasteiger partial charge in [-0.05, 0) is 52.0 Å². The number of alkyl halides is 3. The highest BCUT2D eigenvalue weighted by Gasteiger charge is 2.33. The number of fused-ring (bicyclic) bond motifs is 1. The van der Waals surface area contributed by atoms with Crippen LogP contribution in [-0.4, -0.2) is 25.5 Å². The highest BCUT2D eigenvalue weighted by molar-refractivity contribution is 7.91. The largest absolute Gasteiger partial charge is 0.591 e. The Morgan fingerprint density at radius 1 is 1.10 bits per heavy atom. The van der Waals surface area contributed by atoms with E-state index >= 15 is 0 Å². The number of pyridine rings is 2. The molecule has 0 aliphatic rings. The third-order valence-corrected chi connectivity index (χ3v) is 5.60. The van der Waals surface area contributed by atoms with Gasteiger partial charge in [0.05, 0.1) is 23.0 Å². The normalized spacial score (nSPS) is 13.9. The predicted octanol–water partition coefficient (Wildman–Crippen LogP) is 5.51. The van der Waals surface area contributed by atoms with E-state index in [4.69, 9.17) is 0 Å². The van der Waals surface area contributed by atoms with Crippen molar-refractivity contribution in [1.29, 1.82) is 0 Å². The molecular formula is C21H20F3N3OS. The van der Waals surface area contributed by atoms with Crippen molar-refractivity contribution < 1.29 is 17.7 Å². The van der Waals surface area contributed by atoms with Crippen LogP contribution < -0.4 is 0 Å². The molecule has 2 aromatic heterocycles. The maximum Gasteiger partial charge on any atom is 0.418 e. The fraction of sp³-hybridized carbons (Fsp3) is 0.286. The highest BCUT2D eigenvalue weighted by atomic mass is 32.2. The molecule has 2 heterocycles. The van der Waals surface area contributed by atoms with E-state index in [9.17, 15) is 17.7 Å². The van der Waals surface area contributed by atoms with E-state index in [2.05, 4.69) is 14.4 Å². The minimum absolute atomic E-state index is 0.146. The molecule has 8 heteroatoms. The van der Waals surface area contributed by atoms with Crippen LogP contribution in [0.4, 0.5) is 13.2 Å². The van der Waals surface area contributed by atoms with Crippen LogP contribution in [0.5, 0.6) is 0 Å². The summed E-state index contributed by atoms with van der Waals surface area (Å²) in [5.74, 6) is 0. The van der Waals surface area contributed by atoms with Crippen LogP contribution in [0.3, 0.4) is 0 Å². The molecule has 0 radical (unpaired) electrons. The number of aryl methyl sites for hydroxylation is 1. The summed E-state index contributed by atoms with van der Waals surface area (Å²) in [4.78, 5) is 8.58. The Hall–Kier alpha value is -2.45. The fourth-order valence-electron chi connectivity index (χ4n) is 2.76. The molecule has 3 rings (SSSR count). The lowest BCUT2D eigenvalue weighted by molar-refractivity contribution is -0.136. The summed E-state index contributed by atoms with van der Waals surface area (Å²) >= 11 is -1.51. The number of para-hydroxylation sites is 1. The number of hydrogen-bond donors (Lipinski definition) is 0. The molecule has 152 valence electrons. The van der Waals surface area contributed by atoms with Crippen molar-refractivity contribution in [3.63, 3.8) is 0 Å². The summed E-state index contributed by atoms with van der Waals surface area (Å²) in [5.41, 5.74) is 1.05. The van der Waals surface area contributed by atoms with Gasteiger partial charge >= 0.3 is 6.18 Å². The van der Waals surface area contributed by atoms with Crippen molar-refractivity contribution in [2.75, 3.05) is 0 Å². The molecule has 0 fully saturated rings. The average molecular weight is 419 g/mol. The molecule has 29 heavy (non-hydrogen) atoms. The van der Waals surface area contributed by atoms with Gasteiger partial charge in [-0.25, -0.2) is 4.98 Å². The van der Waals surface area contributed by atoms with E-state index < -0.39 is 27.8 Å². The Morgan fingerprint density at radius 3 is 2.45 bits per heavy atom. The molecule has 1 atom stereocenters. The number of rotatable bonds is 3. The molecule has 3 aromatic rings. The zero-order valence-corrected chi connectivity index (χ0v) is 17.2. The molecule has 0 amide bonds. The lowest BCUT2D eigenvalue weighted by Gasteiger charge is -2.18. The van der Waals surface area contributed by atoms with Gasteiger partial charge in [0, 0.05) is 28.4 Å². The number of aromatic nitrogens is 2. The van der Waals surface area contributed by atoms with Crippen LogP contribution in [0.1, 0.15) is 37.6 Å². The predicted molar refractivity (Wildman–Crippen MR) is 110 cm³/mol. The lowest BCUT2D eigenvalue weighted by atomic mass is 10.0. The number of halogens is 3. The first-order valence-corrected chi connectivity index (χ1v) is 9.98. The van der Waals surface area contributed by atoms with Crippen molar-refractivity contribution in [2.45, 2.75) is 38.6 Å². The van der Waals surface area contributed by atoms with Crippen molar-refractivity contribution in [1.82, 2.24) is 9.97 Å². The minimum Gasteiger partial charge on any atom is -0.591 e. The first kappa shape index (κ1) is 21.3. The van der Waals surface area contributed by atoms with Gasteiger partial charge in [-0.3, -0.25) is 4.98 Å². The third kappa shape index (κ3) is 4.59. The van der Waals surface area contributed by atoms with Crippen molar-refractivity contribution in [3.05, 3.63) is 59.4 Å². The number of benzene rings is 1. The van der Waals surface area contributed by atoms with Gasteiger partial charge in [0.25, 0.3) is 0 Å². The standard InChI is InChI=1S/C21H20F3N3OS/c1-13-16(8-6-10-25-13)18-15(12-26-29(28)20(2,3)4)11-14-7-5-9-17(19(14)27-18)21(22,23)24/h5-12H,1-4H3/b26-12+. The summed E-state index contributed by atoms with van der Waals surface area (Å²) in [6.07, 6.45) is -1.52. The molecule has 0 bridgehead atoms. The summed E-state index contributed by atoms with van der Waals surface area (Å²) in [6, 6.07) is 8.94. The first-order valence-electron chi connectivity index (χ1n) is 8.87. The second-order valence-corrected chi connectivity index (χ2v) is 9.47. The first-order chi connectivity index (χ1) is 13.5. The van der Waals surface area contributed by atoms with E-state index in [0.29, 0.717) is 27.9 Å². The third-order valence-electron chi connectivity index (χ3n) is 4.25. The van der Waals surface area contributed by atoms with Gasteiger partial charge in [0.1, 0.15) is 16.1 Å². The zero-order chi connectivity index (χ0) is 21.4. The van der Waals surface area contributed by atoms with E-state index in [-0.39, 0.29) is 5.52 Å². The summed E-state index contributed by atoms with van der Waals surface area (Å²) in [5, 5.41) is 0.327. The molecular weight excluding hydrogens is 399 g/mol. The van der Waals surface area contributed by atoms with Gasteiger partial charge in [0.15, 0.2) is 0 Å². The van der Waals surface area contributed by atoms with E-state index in [1.54, 1.807) is 58.2 Å². The number of nitrogens with zero attached hydrogens (tertiary/aromatic N) is 3. The van der Waals surface area contributed by atoms with Crippen molar-refractivity contribution in [3.8, 4) is 11.3 Å². The molecule has 1 unspecified atom stereocenters. The zero-order valence-electron chi connectivity index (χ0n) is 16.4. The number of hydrogen-bond acceptors (Lipinski definition) is 4. The SMILES string of the molecule is Cc1ncccc1-c1nc2c(C(F)(F)F)cccc2cc1/C=N/[S+]([O-])C(C)(C)C. The highest BCUT2D eigenvalue weighted by Crippen LogP contribution is 2.36. The molecule has 0 aliphatic carbocycles. The van der Waals surface area contributed by atoms with Gasteiger partial charge < -0.3 is 4.55 Å². The van der Waals surface area contributed by atoms with Crippen molar-refractivity contribution >= 4 is 28.5 Å². The minimum atomic E-state index is -4.53. The van der Waals surface area contributed by atoms with Gasteiger partial charge in [-0.15, -0.1) is 0 Å². The molecule has 0 saturated heterocycles. The van der Waals surface area contributed by atoms with Crippen LogP contribution in [0.2, 0.25) is 0 Å². The molecule has 0 aliphatic heterocycles. The van der Waals surface area contributed by atoms with Gasteiger partial charge in [-0.2, -0.15) is 13.2 Å². The van der Waals surface area contributed by atoms with Crippen LogP contribution >= 0.6 is 0 Å². The molecule has 1 aromatic carbocycles. The maximum atomic E-state index is 13.5. The Kier molecular flexibility index (Phi) is 5.69. The molecule has 0 saturated carbocycles. The van der Waals surface area contributed by atoms with Gasteiger partial charge in [0.2, 0.25) is 0 Å². The fourth-order valence-corrected chi connectivity index (χ4v) is 3.28. The smallest absolute Gasteiger partial charge is 0.418 e. The Bertz CT molecular complexity index is 1070. The Morgan fingerprint density at radius 2 is 1.83 bits per heavy atom. The quantitative estimate of drug-likeness (QED) is 0.416. The van der Waals surface area contributed by atoms with E-state index in [0.717, 1.165) is 6.07 Å². The molecule has 0 spiro atoms. The second-order valence-electron chi connectivity index (χ2n) is 7.53. The summed E-state index contributed by atoms with van der Waals surface area (Å²) in [6.45, 7) is 7.13. The lowest BCUT2D eigenvalue weighted by Crippen LogP contribution is -2.25. The van der Waals surface area contributed by atoms with E-state index in [1.165, 1.54) is 12.3 Å². The monoisotopic (exact) mass is 419 g/mol. The molecule has 4 nitrogen and oxygen atoms in total. The summed E-state index contributed by atoms with van der Waals surface area (Å²) in [7, 11) is 0. The summed E-state index contributed by atoms with van der Waals surface area (Å²) < 4.78 is 56.4. The van der Waals surface area contributed by atoms with Crippen LogP contribution in [0.15, 0.2) is 47.0 Å². The average Bonchev–Trinajstić information content (AvgIpc) is 2.63. The van der Waals surface area contributed by atoms with Crippen LogP contribution in [0, 0.1) is 6.92 Å². The Labute approximate surface area is 170 Å².